The van der Waals surface area contributed by atoms with Crippen LogP contribution in [0.3, 0.4) is 0 Å². The molecule has 0 saturated heterocycles. The van der Waals surface area contributed by atoms with Crippen molar-refractivity contribution < 1.29 is 14.7 Å². The molecule has 3 rings (SSSR count). The average Bonchev–Trinajstić information content (AvgIpc) is 3.03. The van der Waals surface area contributed by atoms with Gasteiger partial charge in [-0.05, 0) is 24.5 Å². The molecule has 2 aromatic rings. The summed E-state index contributed by atoms with van der Waals surface area (Å²) in [6.07, 6.45) is 1.84. The zero-order chi connectivity index (χ0) is 15.0. The number of fused-ring (bicyclic) bond motifs is 1. The van der Waals surface area contributed by atoms with Crippen LogP contribution >= 0.6 is 0 Å². The lowest BCUT2D eigenvalue weighted by atomic mass is 10.0. The molecule has 1 aliphatic carbocycles. The van der Waals surface area contributed by atoms with E-state index in [1.165, 1.54) is 6.20 Å². The van der Waals surface area contributed by atoms with Crippen molar-refractivity contribution in [3.05, 3.63) is 52.8 Å². The highest BCUT2D eigenvalue weighted by molar-refractivity contribution is 5.95. The van der Waals surface area contributed by atoms with Gasteiger partial charge >= 0.3 is 5.97 Å². The summed E-state index contributed by atoms with van der Waals surface area (Å²) < 4.78 is 0. The number of carboxylic acids is 1. The Morgan fingerprint density at radius 1 is 1.33 bits per heavy atom. The fourth-order valence-electron chi connectivity index (χ4n) is 2.82. The number of H-pyrrole nitrogens is 1. The molecule has 108 valence electrons. The minimum atomic E-state index is -0.862. The van der Waals surface area contributed by atoms with Crippen LogP contribution in [0, 0.1) is 6.92 Å². The molecule has 6 nitrogen and oxygen atoms in total. The molecule has 1 aromatic heterocycles. The number of amides is 1. The number of aromatic amines is 1. The Morgan fingerprint density at radius 3 is 2.67 bits per heavy atom. The number of benzene rings is 1. The lowest BCUT2D eigenvalue weighted by Crippen LogP contribution is -2.27. The number of rotatable bonds is 3. The normalized spacial score (nSPS) is 20.0. The highest BCUT2D eigenvalue weighted by atomic mass is 16.4. The third-order valence-electron chi connectivity index (χ3n) is 3.90. The molecule has 3 N–H and O–H groups in total. The van der Waals surface area contributed by atoms with Gasteiger partial charge in [0.15, 0.2) is 0 Å². The van der Waals surface area contributed by atoms with Crippen molar-refractivity contribution in [2.75, 3.05) is 0 Å². The molecule has 6 heteroatoms. The van der Waals surface area contributed by atoms with E-state index in [9.17, 15) is 14.7 Å². The molecule has 2 unspecified atom stereocenters. The fraction of sp³-hybridized carbons (Fsp3) is 0.267. The minimum absolute atomic E-state index is 0.243. The number of aromatic nitrogens is 2. The first-order valence-electron chi connectivity index (χ1n) is 6.70. The predicted molar refractivity (Wildman–Crippen MR) is 75.0 cm³/mol. The van der Waals surface area contributed by atoms with Crippen molar-refractivity contribution in [3.63, 3.8) is 0 Å². The number of hydrogen-bond donors (Lipinski definition) is 3. The van der Waals surface area contributed by atoms with E-state index in [0.29, 0.717) is 17.7 Å². The van der Waals surface area contributed by atoms with E-state index in [4.69, 9.17) is 0 Å². The number of carbonyl (C=O) groups is 2. The van der Waals surface area contributed by atoms with Crippen LogP contribution in [0.4, 0.5) is 0 Å². The molecule has 0 fully saturated rings. The Balaban J connectivity index is 1.86. The second-order valence-corrected chi connectivity index (χ2v) is 5.19. The summed E-state index contributed by atoms with van der Waals surface area (Å²) >= 11 is 0. The van der Waals surface area contributed by atoms with Crippen molar-refractivity contribution >= 4 is 11.9 Å². The summed E-state index contributed by atoms with van der Waals surface area (Å²) in [5, 5.41) is 18.8. The molecule has 21 heavy (non-hydrogen) atoms. The molecule has 2 atom stereocenters. The third kappa shape index (κ3) is 2.29. The summed E-state index contributed by atoms with van der Waals surface area (Å²) in [5.41, 5.74) is 2.82. The van der Waals surface area contributed by atoms with Crippen LogP contribution < -0.4 is 5.32 Å². The van der Waals surface area contributed by atoms with Gasteiger partial charge in [-0.15, -0.1) is 0 Å². The molecular weight excluding hydrogens is 270 g/mol. The van der Waals surface area contributed by atoms with Gasteiger partial charge in [-0.2, -0.15) is 5.10 Å². The number of nitrogens with zero attached hydrogens (tertiary/aromatic N) is 1. The maximum absolute atomic E-state index is 12.3. The monoisotopic (exact) mass is 285 g/mol. The molecular formula is C15H15N3O3. The Labute approximate surface area is 121 Å². The highest BCUT2D eigenvalue weighted by Crippen LogP contribution is 2.40. The topological polar surface area (TPSA) is 95.1 Å². The molecule has 0 spiro atoms. The van der Waals surface area contributed by atoms with Gasteiger partial charge in [-0.25, -0.2) is 0 Å². The second-order valence-electron chi connectivity index (χ2n) is 5.19. The van der Waals surface area contributed by atoms with Crippen molar-refractivity contribution in [1.82, 2.24) is 15.5 Å². The number of carbonyl (C=O) groups excluding carboxylic acids is 1. The molecule has 0 saturated carbocycles. The van der Waals surface area contributed by atoms with E-state index in [1.54, 1.807) is 6.92 Å². The first kappa shape index (κ1) is 13.4. The van der Waals surface area contributed by atoms with Crippen molar-refractivity contribution in [1.29, 1.82) is 0 Å². The largest absolute Gasteiger partial charge is 0.481 e. The first-order chi connectivity index (χ1) is 10.1. The van der Waals surface area contributed by atoms with Crippen LogP contribution in [0.5, 0.6) is 0 Å². The van der Waals surface area contributed by atoms with Gasteiger partial charge in [0.1, 0.15) is 0 Å². The molecule has 0 radical (unpaired) electrons. The Hall–Kier alpha value is -2.63. The van der Waals surface area contributed by atoms with Gasteiger partial charge in [0.2, 0.25) is 0 Å². The summed E-state index contributed by atoms with van der Waals surface area (Å²) in [6.45, 7) is 1.77. The lowest BCUT2D eigenvalue weighted by molar-refractivity contribution is -0.138. The van der Waals surface area contributed by atoms with Gasteiger partial charge in [0, 0.05) is 5.69 Å². The number of hydrogen-bond acceptors (Lipinski definition) is 3. The molecule has 0 bridgehead atoms. The summed E-state index contributed by atoms with van der Waals surface area (Å²) in [7, 11) is 0. The van der Waals surface area contributed by atoms with E-state index < -0.39 is 11.9 Å². The summed E-state index contributed by atoms with van der Waals surface area (Å²) in [4.78, 5) is 23.6. The van der Waals surface area contributed by atoms with E-state index in [2.05, 4.69) is 15.5 Å². The molecule has 0 aliphatic heterocycles. The van der Waals surface area contributed by atoms with Gasteiger partial charge in [0.25, 0.3) is 5.91 Å². The van der Waals surface area contributed by atoms with Crippen LogP contribution in [0.25, 0.3) is 0 Å². The fourth-order valence-corrected chi connectivity index (χ4v) is 2.82. The zero-order valence-electron chi connectivity index (χ0n) is 11.5. The third-order valence-corrected chi connectivity index (χ3v) is 3.90. The Kier molecular flexibility index (Phi) is 3.21. The van der Waals surface area contributed by atoms with Crippen molar-refractivity contribution in [2.45, 2.75) is 25.3 Å². The van der Waals surface area contributed by atoms with Crippen molar-refractivity contribution in [2.24, 2.45) is 0 Å². The standard InChI is InChI=1S/C15H15N3O3/c1-8-12(7-16-18-8)14(19)17-13-6-11(15(20)21)9-4-2-3-5-10(9)13/h2-5,7,11,13H,6H2,1H3,(H,16,18)(H,17,19)(H,20,21). The van der Waals surface area contributed by atoms with Crippen LogP contribution in [0.1, 0.15) is 45.6 Å². The lowest BCUT2D eigenvalue weighted by Gasteiger charge is -2.13. The number of aliphatic carboxylic acids is 1. The van der Waals surface area contributed by atoms with Crippen LogP contribution in [-0.4, -0.2) is 27.2 Å². The SMILES string of the molecule is Cc1[nH]ncc1C(=O)NC1CC(C(=O)O)c2ccccc21. The van der Waals surface area contributed by atoms with Crippen LogP contribution in [-0.2, 0) is 4.79 Å². The van der Waals surface area contributed by atoms with Crippen LogP contribution in [0.15, 0.2) is 30.5 Å². The zero-order valence-corrected chi connectivity index (χ0v) is 11.5. The van der Waals surface area contributed by atoms with E-state index in [0.717, 1.165) is 11.1 Å². The van der Waals surface area contributed by atoms with E-state index in [-0.39, 0.29) is 11.9 Å². The van der Waals surface area contributed by atoms with E-state index in [1.807, 2.05) is 24.3 Å². The van der Waals surface area contributed by atoms with E-state index >= 15 is 0 Å². The van der Waals surface area contributed by atoms with Gasteiger partial charge in [-0.3, -0.25) is 14.7 Å². The summed E-state index contributed by atoms with van der Waals surface area (Å²) in [5.74, 6) is -1.68. The molecule has 1 heterocycles. The first-order valence-corrected chi connectivity index (χ1v) is 6.70. The quantitative estimate of drug-likeness (QED) is 0.800. The maximum atomic E-state index is 12.3. The molecule has 1 amide bonds. The number of nitrogens with one attached hydrogen (secondary N) is 2. The van der Waals surface area contributed by atoms with Gasteiger partial charge < -0.3 is 10.4 Å². The van der Waals surface area contributed by atoms with Crippen molar-refractivity contribution in [3.8, 4) is 0 Å². The van der Waals surface area contributed by atoms with Gasteiger partial charge in [-0.1, -0.05) is 24.3 Å². The smallest absolute Gasteiger partial charge is 0.311 e. The van der Waals surface area contributed by atoms with Gasteiger partial charge in [0.05, 0.1) is 23.7 Å². The average molecular weight is 285 g/mol. The second kappa shape index (κ2) is 5.05. The predicted octanol–water partition coefficient (Wildman–Crippen LogP) is 1.76. The van der Waals surface area contributed by atoms with Crippen LogP contribution in [0.2, 0.25) is 0 Å². The molecule has 1 aliphatic rings. The number of aryl methyl sites for hydroxylation is 1. The molecule has 1 aromatic carbocycles. The maximum Gasteiger partial charge on any atom is 0.311 e. The Morgan fingerprint density at radius 2 is 2.05 bits per heavy atom. The Bertz CT molecular complexity index is 708. The highest BCUT2D eigenvalue weighted by Gasteiger charge is 2.36. The number of carboxylic acid groups (broad SMARTS) is 1. The minimum Gasteiger partial charge on any atom is -0.481 e. The summed E-state index contributed by atoms with van der Waals surface area (Å²) in [6, 6.07) is 7.06.